The van der Waals surface area contributed by atoms with E-state index in [-0.39, 0.29) is 29.4 Å². The third-order valence-electron chi connectivity index (χ3n) is 3.29. The largest absolute Gasteiger partial charge is 0.398 e. The number of anilines is 2. The molecule has 24 heavy (non-hydrogen) atoms. The smallest absolute Gasteiger partial charge is 0.241 e. The fourth-order valence-corrected chi connectivity index (χ4v) is 11.2. The minimum absolute atomic E-state index is 0.0401. The van der Waals surface area contributed by atoms with Crippen molar-refractivity contribution in [1.29, 1.82) is 0 Å². The molecule has 0 heterocycles. The van der Waals surface area contributed by atoms with Crippen molar-refractivity contribution >= 4 is 48.8 Å². The average Bonchev–Trinajstić information content (AvgIpc) is 2.51. The molecule has 0 spiro atoms. The molecule has 0 radical (unpaired) electrons. The predicted octanol–water partition coefficient (Wildman–Crippen LogP) is 2.93. The van der Waals surface area contributed by atoms with Crippen LogP contribution in [0.2, 0.25) is 0 Å². The Kier molecular flexibility index (Phi) is 5.43. The van der Waals surface area contributed by atoms with E-state index in [1.165, 1.54) is 24.3 Å². The third-order valence-corrected chi connectivity index (χ3v) is 13.0. The summed E-state index contributed by atoms with van der Waals surface area (Å²) in [6.07, 6.45) is 0. The Bertz CT molecular complexity index is 904. The Labute approximate surface area is 148 Å². The van der Waals surface area contributed by atoms with Crippen molar-refractivity contribution < 1.29 is 16.8 Å². The van der Waals surface area contributed by atoms with Crippen LogP contribution in [0.3, 0.4) is 0 Å². The van der Waals surface area contributed by atoms with Crippen molar-refractivity contribution in [3.63, 3.8) is 0 Å². The van der Waals surface area contributed by atoms with Gasteiger partial charge in [-0.2, -0.15) is 0 Å². The maximum absolute atomic E-state index is 12.3. The highest BCUT2D eigenvalue weighted by Gasteiger charge is 2.24. The normalized spacial score (nSPS) is 12.2. The maximum Gasteiger partial charge on any atom is 0.241 e. The summed E-state index contributed by atoms with van der Waals surface area (Å²) < 4.78 is 49.2. The number of benzene rings is 2. The molecule has 2 rings (SSSR count). The molecule has 0 aromatic heterocycles. The fourth-order valence-electron chi connectivity index (χ4n) is 1.70. The van der Waals surface area contributed by atoms with Crippen LogP contribution in [0.1, 0.15) is 11.1 Å². The van der Waals surface area contributed by atoms with Gasteiger partial charge in [0.2, 0.25) is 17.7 Å². The van der Waals surface area contributed by atoms with Gasteiger partial charge in [0.05, 0.1) is 29.4 Å². The number of nitrogen functional groups attached to an aromatic ring is 2. The lowest BCUT2D eigenvalue weighted by Gasteiger charge is -2.07. The van der Waals surface area contributed by atoms with Crippen LogP contribution in [-0.2, 0) is 17.7 Å². The summed E-state index contributed by atoms with van der Waals surface area (Å²) >= 11 is 0. The average molecular weight is 405 g/mol. The second-order valence-corrected chi connectivity index (χ2v) is 14.0. The molecule has 0 aliphatic heterocycles. The molecule has 4 N–H and O–H groups in total. The summed E-state index contributed by atoms with van der Waals surface area (Å²) in [6, 6.07) is 8.56. The lowest BCUT2D eigenvalue weighted by atomic mass is 10.2. The zero-order chi connectivity index (χ0) is 18.1. The van der Waals surface area contributed by atoms with Crippen LogP contribution in [0.15, 0.2) is 46.2 Å². The molecule has 0 aliphatic rings. The Morgan fingerprint density at radius 2 is 1.04 bits per heavy atom. The molecule has 0 aliphatic carbocycles. The molecule has 130 valence electrons. The van der Waals surface area contributed by atoms with Gasteiger partial charge in [0.25, 0.3) is 0 Å². The zero-order valence-corrected chi connectivity index (χ0v) is 16.2. The SMILES string of the molecule is Cc1ccc(S(=O)(=O)SSS(=O)(=O)c2ccc(C)c(N)c2)cc1N. The van der Waals surface area contributed by atoms with E-state index in [1.54, 1.807) is 26.0 Å². The van der Waals surface area contributed by atoms with E-state index >= 15 is 0 Å². The molecule has 2 aromatic rings. The summed E-state index contributed by atoms with van der Waals surface area (Å²) in [4.78, 5) is -0.0801. The van der Waals surface area contributed by atoms with Gasteiger partial charge in [0.15, 0.2) is 0 Å². The second-order valence-electron chi connectivity index (χ2n) is 5.08. The summed E-state index contributed by atoms with van der Waals surface area (Å²) in [6.45, 7) is 3.50. The van der Waals surface area contributed by atoms with Gasteiger partial charge in [-0.1, -0.05) is 12.1 Å². The van der Waals surface area contributed by atoms with Crippen LogP contribution in [0.25, 0.3) is 0 Å². The molecule has 10 heteroatoms. The van der Waals surface area contributed by atoms with Crippen LogP contribution < -0.4 is 11.5 Å². The first kappa shape index (κ1) is 19.0. The van der Waals surface area contributed by atoms with E-state index in [4.69, 9.17) is 11.5 Å². The Morgan fingerprint density at radius 1 is 0.708 bits per heavy atom. The number of hydrogen-bond donors (Lipinski definition) is 2. The Morgan fingerprint density at radius 3 is 1.33 bits per heavy atom. The van der Waals surface area contributed by atoms with E-state index in [0.717, 1.165) is 11.1 Å². The summed E-state index contributed by atoms with van der Waals surface area (Å²) in [5.74, 6) is 0. The summed E-state index contributed by atoms with van der Waals surface area (Å²) in [5.41, 5.74) is 13.6. The van der Waals surface area contributed by atoms with E-state index in [1.807, 2.05) is 0 Å². The van der Waals surface area contributed by atoms with E-state index in [2.05, 4.69) is 0 Å². The van der Waals surface area contributed by atoms with Crippen molar-refractivity contribution in [1.82, 2.24) is 0 Å². The van der Waals surface area contributed by atoms with Crippen LogP contribution in [0.5, 0.6) is 0 Å². The molecule has 0 bridgehead atoms. The minimum Gasteiger partial charge on any atom is -0.398 e. The second kappa shape index (κ2) is 6.87. The van der Waals surface area contributed by atoms with Crippen molar-refractivity contribution in [3.8, 4) is 0 Å². The zero-order valence-electron chi connectivity index (χ0n) is 12.9. The molecule has 2 aromatic carbocycles. The number of hydrogen-bond acceptors (Lipinski definition) is 8. The van der Waals surface area contributed by atoms with E-state index in [9.17, 15) is 16.8 Å². The fraction of sp³-hybridized carbons (Fsp3) is 0.143. The summed E-state index contributed by atoms with van der Waals surface area (Å²) in [5, 5.41) is 0. The predicted molar refractivity (Wildman–Crippen MR) is 101 cm³/mol. The first-order valence-corrected chi connectivity index (χ1v) is 12.8. The van der Waals surface area contributed by atoms with Crippen molar-refractivity contribution in [2.24, 2.45) is 0 Å². The molecular formula is C14H16N2O4S4. The van der Waals surface area contributed by atoms with Gasteiger partial charge in [-0.15, -0.1) is 0 Å². The third kappa shape index (κ3) is 4.18. The van der Waals surface area contributed by atoms with Crippen LogP contribution in [-0.4, -0.2) is 16.8 Å². The minimum atomic E-state index is -3.87. The van der Waals surface area contributed by atoms with Gasteiger partial charge < -0.3 is 11.5 Å². The topological polar surface area (TPSA) is 120 Å². The van der Waals surface area contributed by atoms with Crippen molar-refractivity contribution in [3.05, 3.63) is 47.5 Å². The van der Waals surface area contributed by atoms with Gasteiger partial charge in [-0.05, 0) is 49.2 Å². The highest BCUT2D eigenvalue weighted by atomic mass is 33.7. The molecule has 0 amide bonds. The molecule has 6 nitrogen and oxygen atoms in total. The number of rotatable bonds is 5. The molecule has 0 atom stereocenters. The highest BCUT2D eigenvalue weighted by molar-refractivity contribution is 9.23. The molecular weight excluding hydrogens is 388 g/mol. The van der Waals surface area contributed by atoms with Crippen LogP contribution in [0.4, 0.5) is 11.4 Å². The van der Waals surface area contributed by atoms with Crippen LogP contribution in [0, 0.1) is 13.8 Å². The van der Waals surface area contributed by atoms with Gasteiger partial charge in [0.1, 0.15) is 0 Å². The van der Waals surface area contributed by atoms with Crippen molar-refractivity contribution in [2.45, 2.75) is 23.6 Å². The Balaban J connectivity index is 2.24. The highest BCUT2D eigenvalue weighted by Crippen LogP contribution is 2.41. The lowest BCUT2D eigenvalue weighted by molar-refractivity contribution is 0.608. The monoisotopic (exact) mass is 404 g/mol. The summed E-state index contributed by atoms with van der Waals surface area (Å²) in [7, 11) is -7.21. The van der Waals surface area contributed by atoms with Crippen molar-refractivity contribution in [2.75, 3.05) is 11.5 Å². The lowest BCUT2D eigenvalue weighted by Crippen LogP contribution is -2.00. The van der Waals surface area contributed by atoms with Crippen LogP contribution >= 0.6 is 19.7 Å². The number of aryl methyl sites for hydroxylation is 2. The molecule has 0 unspecified atom stereocenters. The van der Waals surface area contributed by atoms with E-state index in [0.29, 0.717) is 11.4 Å². The van der Waals surface area contributed by atoms with Gasteiger partial charge in [-0.3, -0.25) is 0 Å². The van der Waals surface area contributed by atoms with E-state index < -0.39 is 17.7 Å². The van der Waals surface area contributed by atoms with Gasteiger partial charge >= 0.3 is 0 Å². The standard InChI is InChI=1S/C14H16N2O4S4/c1-9-3-5-11(7-13(9)15)23(17,18)21-22-24(19,20)12-6-4-10(2)14(16)8-12/h3-8H,15-16H2,1-2H3. The molecule has 0 fully saturated rings. The first-order chi connectivity index (χ1) is 11.0. The van der Waals surface area contributed by atoms with Gasteiger partial charge in [-0.25, -0.2) is 16.8 Å². The molecule has 0 saturated heterocycles. The van der Waals surface area contributed by atoms with Gasteiger partial charge in [0, 0.05) is 11.4 Å². The first-order valence-electron chi connectivity index (χ1n) is 6.63. The Hall–Kier alpha value is -1.36. The quantitative estimate of drug-likeness (QED) is 0.576. The maximum atomic E-state index is 12.3. The number of nitrogens with two attached hydrogens (primary N) is 2. The molecule has 0 saturated carbocycles.